The van der Waals surface area contributed by atoms with Crippen LogP contribution in [0.5, 0.6) is 0 Å². The standard InChI is InChI=1S/C20H35N5O/c1-5-13-22-19(26)12-15-24-20(21-3)23-14-11-17(2)25(4)16-18-9-7-6-8-10-18/h6-10,17H,5,11-16H2,1-4H3,(H,22,26)(H2,21,23,24). The van der Waals surface area contributed by atoms with E-state index in [1.54, 1.807) is 7.05 Å². The minimum absolute atomic E-state index is 0.0750. The number of nitrogens with one attached hydrogen (secondary N) is 3. The Balaban J connectivity index is 2.21. The lowest BCUT2D eigenvalue weighted by atomic mass is 10.1. The number of rotatable bonds is 11. The summed E-state index contributed by atoms with van der Waals surface area (Å²) in [7, 11) is 3.90. The lowest BCUT2D eigenvalue weighted by Crippen LogP contribution is -2.41. The second-order valence-corrected chi connectivity index (χ2v) is 6.56. The van der Waals surface area contributed by atoms with Crippen molar-refractivity contribution in [2.24, 2.45) is 4.99 Å². The highest BCUT2D eigenvalue weighted by Gasteiger charge is 2.10. The van der Waals surface area contributed by atoms with Gasteiger partial charge in [0, 0.05) is 45.7 Å². The lowest BCUT2D eigenvalue weighted by Gasteiger charge is -2.25. The molecule has 1 amide bonds. The Hall–Kier alpha value is -2.08. The molecule has 1 aromatic rings. The van der Waals surface area contributed by atoms with Crippen LogP contribution in [0.2, 0.25) is 0 Å². The monoisotopic (exact) mass is 361 g/mol. The van der Waals surface area contributed by atoms with E-state index in [2.05, 4.69) is 64.1 Å². The minimum atomic E-state index is 0.0750. The summed E-state index contributed by atoms with van der Waals surface area (Å²) in [6, 6.07) is 11.0. The molecule has 0 bridgehead atoms. The van der Waals surface area contributed by atoms with E-state index >= 15 is 0 Å². The Morgan fingerprint density at radius 1 is 1.12 bits per heavy atom. The Labute approximate surface area is 158 Å². The van der Waals surface area contributed by atoms with Gasteiger partial charge in [0.1, 0.15) is 0 Å². The maximum Gasteiger partial charge on any atom is 0.221 e. The highest BCUT2D eigenvalue weighted by Crippen LogP contribution is 2.07. The zero-order chi connectivity index (χ0) is 19.2. The Morgan fingerprint density at radius 2 is 1.81 bits per heavy atom. The van der Waals surface area contributed by atoms with E-state index in [1.165, 1.54) is 5.56 Å². The summed E-state index contributed by atoms with van der Waals surface area (Å²) in [6.45, 7) is 7.38. The molecule has 0 saturated heterocycles. The van der Waals surface area contributed by atoms with Crippen molar-refractivity contribution in [2.75, 3.05) is 33.7 Å². The first kappa shape index (κ1) is 22.0. The smallest absolute Gasteiger partial charge is 0.221 e. The maximum absolute atomic E-state index is 11.6. The van der Waals surface area contributed by atoms with Crippen molar-refractivity contribution in [3.63, 3.8) is 0 Å². The first-order valence-electron chi connectivity index (χ1n) is 9.52. The number of carbonyl (C=O) groups is 1. The average Bonchev–Trinajstić information content (AvgIpc) is 2.65. The summed E-state index contributed by atoms with van der Waals surface area (Å²) in [5.74, 6) is 0.817. The van der Waals surface area contributed by atoms with Gasteiger partial charge in [-0.05, 0) is 32.4 Å². The molecular formula is C20H35N5O. The van der Waals surface area contributed by atoms with E-state index in [0.717, 1.165) is 38.4 Å². The van der Waals surface area contributed by atoms with Crippen molar-refractivity contribution >= 4 is 11.9 Å². The minimum Gasteiger partial charge on any atom is -0.356 e. The third-order valence-corrected chi connectivity index (χ3v) is 4.32. The van der Waals surface area contributed by atoms with Crippen LogP contribution in [0.25, 0.3) is 0 Å². The van der Waals surface area contributed by atoms with Crippen LogP contribution < -0.4 is 16.0 Å². The summed E-state index contributed by atoms with van der Waals surface area (Å²) >= 11 is 0. The number of nitrogens with zero attached hydrogens (tertiary/aromatic N) is 2. The molecule has 3 N–H and O–H groups in total. The van der Waals surface area contributed by atoms with Gasteiger partial charge in [-0.25, -0.2) is 0 Å². The molecule has 0 aliphatic rings. The molecule has 0 aliphatic carbocycles. The third-order valence-electron chi connectivity index (χ3n) is 4.32. The highest BCUT2D eigenvalue weighted by molar-refractivity contribution is 5.81. The first-order chi connectivity index (χ1) is 12.6. The molecule has 0 aliphatic heterocycles. The maximum atomic E-state index is 11.6. The number of guanidine groups is 1. The van der Waals surface area contributed by atoms with Gasteiger partial charge in [0.2, 0.25) is 5.91 Å². The van der Waals surface area contributed by atoms with E-state index in [4.69, 9.17) is 0 Å². The molecule has 0 aromatic heterocycles. The number of amides is 1. The van der Waals surface area contributed by atoms with E-state index in [0.29, 0.717) is 19.0 Å². The second-order valence-electron chi connectivity index (χ2n) is 6.56. The van der Waals surface area contributed by atoms with Crippen LogP contribution in [0.15, 0.2) is 35.3 Å². The molecule has 1 aromatic carbocycles. The number of hydrogen-bond acceptors (Lipinski definition) is 3. The molecule has 6 heteroatoms. The van der Waals surface area contributed by atoms with Gasteiger partial charge in [-0.2, -0.15) is 0 Å². The van der Waals surface area contributed by atoms with Crippen LogP contribution in [0.4, 0.5) is 0 Å². The highest BCUT2D eigenvalue weighted by atomic mass is 16.1. The van der Waals surface area contributed by atoms with Crippen LogP contribution >= 0.6 is 0 Å². The van der Waals surface area contributed by atoms with Gasteiger partial charge in [0.15, 0.2) is 5.96 Å². The van der Waals surface area contributed by atoms with E-state index < -0.39 is 0 Å². The fourth-order valence-corrected chi connectivity index (χ4v) is 2.51. The summed E-state index contributed by atoms with van der Waals surface area (Å²) in [4.78, 5) is 18.1. The van der Waals surface area contributed by atoms with Crippen LogP contribution in [-0.2, 0) is 11.3 Å². The van der Waals surface area contributed by atoms with Crippen molar-refractivity contribution in [3.05, 3.63) is 35.9 Å². The molecule has 6 nitrogen and oxygen atoms in total. The molecule has 146 valence electrons. The largest absolute Gasteiger partial charge is 0.356 e. The Morgan fingerprint density at radius 3 is 2.46 bits per heavy atom. The second kappa shape index (κ2) is 13.2. The van der Waals surface area contributed by atoms with Crippen molar-refractivity contribution in [2.45, 2.75) is 45.7 Å². The molecule has 1 atom stereocenters. The number of benzene rings is 1. The predicted octanol–water partition coefficient (Wildman–Crippen LogP) is 1.98. The van der Waals surface area contributed by atoms with E-state index in [1.807, 2.05) is 13.0 Å². The van der Waals surface area contributed by atoms with Gasteiger partial charge in [-0.1, -0.05) is 37.3 Å². The summed E-state index contributed by atoms with van der Waals surface area (Å²) in [5, 5.41) is 9.37. The summed E-state index contributed by atoms with van der Waals surface area (Å²) in [5.41, 5.74) is 1.33. The van der Waals surface area contributed by atoms with Crippen molar-refractivity contribution in [1.82, 2.24) is 20.9 Å². The van der Waals surface area contributed by atoms with Gasteiger partial charge in [-0.15, -0.1) is 0 Å². The molecule has 0 radical (unpaired) electrons. The number of aliphatic imine (C=N–C) groups is 1. The Bertz CT molecular complexity index is 532. The SMILES string of the molecule is CCCNC(=O)CCNC(=NC)NCCC(C)N(C)Cc1ccccc1. The van der Waals surface area contributed by atoms with Gasteiger partial charge in [-0.3, -0.25) is 14.7 Å². The molecule has 26 heavy (non-hydrogen) atoms. The molecule has 0 fully saturated rings. The van der Waals surface area contributed by atoms with Crippen molar-refractivity contribution in [1.29, 1.82) is 0 Å². The van der Waals surface area contributed by atoms with Crippen LogP contribution in [-0.4, -0.2) is 56.5 Å². The molecule has 0 heterocycles. The topological polar surface area (TPSA) is 68.8 Å². The zero-order valence-corrected chi connectivity index (χ0v) is 16.7. The van der Waals surface area contributed by atoms with Gasteiger partial charge >= 0.3 is 0 Å². The van der Waals surface area contributed by atoms with Gasteiger partial charge < -0.3 is 16.0 Å². The van der Waals surface area contributed by atoms with Crippen LogP contribution in [0, 0.1) is 0 Å². The molecular weight excluding hydrogens is 326 g/mol. The van der Waals surface area contributed by atoms with Crippen molar-refractivity contribution < 1.29 is 4.79 Å². The molecule has 0 saturated carbocycles. The fourth-order valence-electron chi connectivity index (χ4n) is 2.51. The average molecular weight is 362 g/mol. The normalized spacial score (nSPS) is 12.7. The van der Waals surface area contributed by atoms with E-state index in [-0.39, 0.29) is 5.91 Å². The van der Waals surface area contributed by atoms with Gasteiger partial charge in [0.25, 0.3) is 0 Å². The number of carbonyl (C=O) groups excluding carboxylic acids is 1. The van der Waals surface area contributed by atoms with Crippen LogP contribution in [0.3, 0.4) is 0 Å². The summed E-state index contributed by atoms with van der Waals surface area (Å²) < 4.78 is 0. The molecule has 1 unspecified atom stereocenters. The van der Waals surface area contributed by atoms with Gasteiger partial charge in [0.05, 0.1) is 0 Å². The predicted molar refractivity (Wildman–Crippen MR) is 109 cm³/mol. The lowest BCUT2D eigenvalue weighted by molar-refractivity contribution is -0.120. The molecule has 0 spiro atoms. The Kier molecular flexibility index (Phi) is 11.1. The van der Waals surface area contributed by atoms with Crippen LogP contribution in [0.1, 0.15) is 38.7 Å². The fraction of sp³-hybridized carbons (Fsp3) is 0.600. The third kappa shape index (κ3) is 9.42. The summed E-state index contributed by atoms with van der Waals surface area (Å²) in [6.07, 6.45) is 2.43. The van der Waals surface area contributed by atoms with E-state index in [9.17, 15) is 4.79 Å². The molecule has 1 rings (SSSR count). The zero-order valence-electron chi connectivity index (χ0n) is 16.7. The quantitative estimate of drug-likeness (QED) is 0.416. The first-order valence-corrected chi connectivity index (χ1v) is 9.52. The number of hydrogen-bond donors (Lipinski definition) is 3. The van der Waals surface area contributed by atoms with Crippen molar-refractivity contribution in [3.8, 4) is 0 Å².